The molecule has 212 valence electrons. The van der Waals surface area contributed by atoms with Gasteiger partial charge in [0.05, 0.1) is 0 Å². The molecule has 5 nitrogen and oxygen atoms in total. The lowest BCUT2D eigenvalue weighted by Crippen LogP contribution is -3.00. The summed E-state index contributed by atoms with van der Waals surface area (Å²) in [6, 6.07) is 23.7. The number of amides is 1. The number of imidazole rings is 1. The standard InChI is InChI=1S/C34H41N3O2.ClH/c1-33(2,3)28-18-27(19-29(21-28)34(4,5)6)22-35-32(39)31(20-25-12-14-30(38)15-13-25)37-17-16-36(24-37)23-26-10-8-7-9-11-26;/h7-19,21,24,31H,20,22-23H2,1-6H3,(H-,35,38,39);1H/t31-;/m0./s1. The SMILES string of the molecule is CC(C)(C)c1cc(CNC(=O)[C@H](Cc2ccc(O)cc2)n2cc[n+](Cc3ccccc3)c2)cc(C(C)(C)C)c1.[Cl-]. The summed E-state index contributed by atoms with van der Waals surface area (Å²) < 4.78 is 4.08. The van der Waals surface area contributed by atoms with E-state index in [4.69, 9.17) is 0 Å². The van der Waals surface area contributed by atoms with Gasteiger partial charge in [-0.15, -0.1) is 0 Å². The number of carbonyl (C=O) groups is 1. The van der Waals surface area contributed by atoms with Crippen LogP contribution in [0, 0.1) is 0 Å². The van der Waals surface area contributed by atoms with Gasteiger partial charge in [-0.05, 0) is 50.8 Å². The summed E-state index contributed by atoms with van der Waals surface area (Å²) in [5.74, 6) is 0.179. The van der Waals surface area contributed by atoms with Crippen molar-refractivity contribution < 1.29 is 26.9 Å². The lowest BCUT2D eigenvalue weighted by atomic mass is 9.79. The summed E-state index contributed by atoms with van der Waals surface area (Å²) >= 11 is 0. The molecule has 1 atom stereocenters. The topological polar surface area (TPSA) is 58.1 Å². The Morgan fingerprint density at radius 1 is 0.850 bits per heavy atom. The first kappa shape index (κ1) is 31.0. The van der Waals surface area contributed by atoms with Gasteiger partial charge in [-0.25, -0.2) is 9.13 Å². The number of phenols is 1. The summed E-state index contributed by atoms with van der Waals surface area (Å²) in [5.41, 5.74) is 5.86. The lowest BCUT2D eigenvalue weighted by Gasteiger charge is -2.26. The fourth-order valence-electron chi connectivity index (χ4n) is 4.64. The molecular formula is C34H42ClN3O2. The van der Waals surface area contributed by atoms with Crippen LogP contribution in [0.15, 0.2) is 91.5 Å². The van der Waals surface area contributed by atoms with Crippen molar-refractivity contribution in [1.29, 1.82) is 0 Å². The quantitative estimate of drug-likeness (QED) is 0.326. The van der Waals surface area contributed by atoms with E-state index in [-0.39, 0.29) is 34.9 Å². The van der Waals surface area contributed by atoms with Gasteiger partial charge in [0.1, 0.15) is 24.7 Å². The van der Waals surface area contributed by atoms with Crippen molar-refractivity contribution in [1.82, 2.24) is 9.88 Å². The average molecular weight is 560 g/mol. The van der Waals surface area contributed by atoms with Gasteiger partial charge >= 0.3 is 0 Å². The molecule has 0 saturated heterocycles. The molecule has 4 aromatic rings. The Labute approximate surface area is 245 Å². The molecule has 2 N–H and O–H groups in total. The van der Waals surface area contributed by atoms with E-state index in [2.05, 4.69) is 81.8 Å². The van der Waals surface area contributed by atoms with Gasteiger partial charge in [0.2, 0.25) is 6.33 Å². The Balaban J connectivity index is 0.00000441. The molecule has 0 saturated carbocycles. The van der Waals surface area contributed by atoms with Gasteiger partial charge in [-0.1, -0.05) is 102 Å². The molecule has 0 spiro atoms. The first-order chi connectivity index (χ1) is 18.4. The normalized spacial score (nSPS) is 12.4. The predicted octanol–water partition coefficient (Wildman–Crippen LogP) is 3.23. The summed E-state index contributed by atoms with van der Waals surface area (Å²) in [5, 5.41) is 13.0. The first-order valence-corrected chi connectivity index (χ1v) is 13.7. The highest BCUT2D eigenvalue weighted by Gasteiger charge is 2.27. The maximum absolute atomic E-state index is 13.7. The van der Waals surface area contributed by atoms with Crippen LogP contribution in [0.2, 0.25) is 0 Å². The van der Waals surface area contributed by atoms with Crippen LogP contribution in [-0.4, -0.2) is 15.6 Å². The molecule has 1 aromatic heterocycles. The van der Waals surface area contributed by atoms with Crippen LogP contribution < -0.4 is 22.3 Å². The Morgan fingerprint density at radius 3 is 2.02 bits per heavy atom. The average Bonchev–Trinajstić information content (AvgIpc) is 3.34. The molecule has 0 radical (unpaired) electrons. The van der Waals surface area contributed by atoms with Crippen LogP contribution in [0.4, 0.5) is 0 Å². The molecule has 40 heavy (non-hydrogen) atoms. The van der Waals surface area contributed by atoms with Gasteiger partial charge in [0, 0.05) is 13.0 Å². The number of rotatable bonds is 8. The van der Waals surface area contributed by atoms with Crippen molar-refractivity contribution in [3.63, 3.8) is 0 Å². The second kappa shape index (κ2) is 12.7. The van der Waals surface area contributed by atoms with Crippen LogP contribution in [0.25, 0.3) is 0 Å². The molecule has 6 heteroatoms. The molecule has 0 bridgehead atoms. The summed E-state index contributed by atoms with van der Waals surface area (Å²) in [7, 11) is 0. The van der Waals surface area contributed by atoms with Crippen molar-refractivity contribution in [3.05, 3.63) is 119 Å². The van der Waals surface area contributed by atoms with E-state index in [0.29, 0.717) is 13.0 Å². The Kier molecular flexibility index (Phi) is 9.86. The van der Waals surface area contributed by atoms with Gasteiger partial charge in [-0.3, -0.25) is 4.79 Å². The Bertz CT molecular complexity index is 1370. The van der Waals surface area contributed by atoms with Crippen LogP contribution >= 0.6 is 0 Å². The third-order valence-corrected chi connectivity index (χ3v) is 7.14. The minimum absolute atomic E-state index is 0. The van der Waals surface area contributed by atoms with Crippen molar-refractivity contribution in [2.75, 3.05) is 0 Å². The third-order valence-electron chi connectivity index (χ3n) is 7.14. The smallest absolute Gasteiger partial charge is 0.266 e. The zero-order chi connectivity index (χ0) is 28.2. The van der Waals surface area contributed by atoms with Crippen molar-refractivity contribution >= 4 is 5.91 Å². The lowest BCUT2D eigenvalue weighted by molar-refractivity contribution is -0.687. The second-order valence-corrected chi connectivity index (χ2v) is 12.5. The number of aromatic hydroxyl groups is 1. The summed E-state index contributed by atoms with van der Waals surface area (Å²) in [4.78, 5) is 13.7. The molecule has 1 amide bonds. The number of nitrogens with one attached hydrogen (secondary N) is 1. The minimum atomic E-state index is -0.431. The molecule has 0 fully saturated rings. The number of hydrogen-bond acceptors (Lipinski definition) is 2. The van der Waals surface area contributed by atoms with E-state index < -0.39 is 6.04 Å². The van der Waals surface area contributed by atoms with Gasteiger partial charge in [0.25, 0.3) is 5.91 Å². The molecule has 0 unspecified atom stereocenters. The minimum Gasteiger partial charge on any atom is -1.00 e. The molecule has 3 aromatic carbocycles. The highest BCUT2D eigenvalue weighted by atomic mass is 35.5. The second-order valence-electron chi connectivity index (χ2n) is 12.5. The van der Waals surface area contributed by atoms with Crippen molar-refractivity contribution in [2.45, 2.75) is 77.9 Å². The zero-order valence-electron chi connectivity index (χ0n) is 24.5. The first-order valence-electron chi connectivity index (χ1n) is 13.7. The summed E-state index contributed by atoms with van der Waals surface area (Å²) in [6.07, 6.45) is 6.48. The number of nitrogens with zero attached hydrogens (tertiary/aromatic N) is 2. The molecule has 0 aliphatic carbocycles. The van der Waals surface area contributed by atoms with Crippen molar-refractivity contribution in [3.8, 4) is 5.75 Å². The molecule has 0 aliphatic heterocycles. The number of benzene rings is 3. The third kappa shape index (κ3) is 8.22. The van der Waals surface area contributed by atoms with Crippen LogP contribution in [0.1, 0.15) is 75.4 Å². The largest absolute Gasteiger partial charge is 1.00 e. The van der Waals surface area contributed by atoms with E-state index >= 15 is 0 Å². The maximum atomic E-state index is 13.7. The Morgan fingerprint density at radius 2 is 1.45 bits per heavy atom. The number of aromatic nitrogens is 2. The van der Waals surface area contributed by atoms with Crippen LogP contribution in [0.3, 0.4) is 0 Å². The number of hydrogen-bond donors (Lipinski definition) is 2. The van der Waals surface area contributed by atoms with E-state index in [9.17, 15) is 9.90 Å². The molecule has 0 aliphatic rings. The van der Waals surface area contributed by atoms with Gasteiger partial charge in [0.15, 0.2) is 6.04 Å². The number of phenolic OH excluding ortho intramolecular Hbond substituents is 1. The fourth-order valence-corrected chi connectivity index (χ4v) is 4.64. The highest BCUT2D eigenvalue weighted by Crippen LogP contribution is 2.30. The van der Waals surface area contributed by atoms with E-state index in [1.165, 1.54) is 16.7 Å². The van der Waals surface area contributed by atoms with Gasteiger partial charge < -0.3 is 22.8 Å². The predicted molar refractivity (Wildman–Crippen MR) is 157 cm³/mol. The van der Waals surface area contributed by atoms with E-state index in [1.807, 2.05) is 53.6 Å². The zero-order valence-corrected chi connectivity index (χ0v) is 25.2. The maximum Gasteiger partial charge on any atom is 0.266 e. The Hall–Kier alpha value is -3.57. The van der Waals surface area contributed by atoms with Crippen LogP contribution in [0.5, 0.6) is 5.75 Å². The molecule has 1 heterocycles. The fraction of sp³-hybridized carbons (Fsp3) is 0.353. The summed E-state index contributed by atoms with van der Waals surface area (Å²) in [6.45, 7) is 14.5. The molecular weight excluding hydrogens is 518 g/mol. The number of carbonyl (C=O) groups excluding carboxylic acids is 1. The number of halogens is 1. The molecule has 4 rings (SSSR count). The van der Waals surface area contributed by atoms with Crippen molar-refractivity contribution in [2.24, 2.45) is 0 Å². The highest BCUT2D eigenvalue weighted by molar-refractivity contribution is 5.80. The van der Waals surface area contributed by atoms with E-state index in [1.54, 1.807) is 12.1 Å². The van der Waals surface area contributed by atoms with Gasteiger partial charge in [-0.2, -0.15) is 0 Å². The monoisotopic (exact) mass is 559 g/mol. The van der Waals surface area contributed by atoms with Crippen LogP contribution in [-0.2, 0) is 35.1 Å². The van der Waals surface area contributed by atoms with E-state index in [0.717, 1.165) is 17.7 Å².